The number of nitrogens with zero attached hydrogens (tertiary/aromatic N) is 3. The molecule has 0 spiro atoms. The molecule has 1 heterocycles. The molecule has 0 fully saturated rings. The Morgan fingerprint density at radius 1 is 1.19 bits per heavy atom. The summed E-state index contributed by atoms with van der Waals surface area (Å²) in [6, 6.07) is 13.3. The van der Waals surface area contributed by atoms with Gasteiger partial charge in [0.15, 0.2) is 5.82 Å². The first kappa shape index (κ1) is 19.3. The Morgan fingerprint density at radius 3 is 2.59 bits per heavy atom. The van der Waals surface area contributed by atoms with E-state index in [-0.39, 0.29) is 5.91 Å². The van der Waals surface area contributed by atoms with Crippen LogP contribution in [0.2, 0.25) is 5.02 Å². The van der Waals surface area contributed by atoms with E-state index in [2.05, 4.69) is 15.5 Å². The summed E-state index contributed by atoms with van der Waals surface area (Å²) in [6.07, 6.45) is 0. The third kappa shape index (κ3) is 4.26. The second kappa shape index (κ2) is 8.02. The molecule has 2 aromatic carbocycles. The SMILES string of the molecule is Cc1ccc(-c2nnc(S[C@H](C)C(=O)Nc3cccc(Cl)c3C)n2N)cc1. The molecule has 8 heteroatoms. The van der Waals surface area contributed by atoms with Gasteiger partial charge in [0.25, 0.3) is 0 Å². The van der Waals surface area contributed by atoms with Crippen molar-refractivity contribution in [1.29, 1.82) is 0 Å². The third-order valence-corrected chi connectivity index (χ3v) is 5.62. The monoisotopic (exact) mass is 401 g/mol. The lowest BCUT2D eigenvalue weighted by atomic mass is 10.1. The minimum atomic E-state index is -0.416. The van der Waals surface area contributed by atoms with Gasteiger partial charge < -0.3 is 11.2 Å². The zero-order valence-corrected chi connectivity index (χ0v) is 16.8. The molecule has 3 aromatic rings. The molecule has 1 amide bonds. The first-order valence-electron chi connectivity index (χ1n) is 8.37. The van der Waals surface area contributed by atoms with Gasteiger partial charge in [-0.3, -0.25) is 4.79 Å². The van der Waals surface area contributed by atoms with Crippen LogP contribution in [0.15, 0.2) is 47.6 Å². The number of rotatable bonds is 5. The van der Waals surface area contributed by atoms with Gasteiger partial charge >= 0.3 is 0 Å². The molecule has 0 unspecified atom stereocenters. The van der Waals surface area contributed by atoms with Gasteiger partial charge in [-0.2, -0.15) is 0 Å². The maximum Gasteiger partial charge on any atom is 0.237 e. The van der Waals surface area contributed by atoms with Crippen LogP contribution in [-0.4, -0.2) is 26.0 Å². The van der Waals surface area contributed by atoms with Gasteiger partial charge in [0, 0.05) is 16.3 Å². The summed E-state index contributed by atoms with van der Waals surface area (Å²) in [5.41, 5.74) is 3.54. The Kier molecular flexibility index (Phi) is 5.72. The number of amides is 1. The van der Waals surface area contributed by atoms with Gasteiger partial charge in [-0.25, -0.2) is 4.68 Å². The maximum atomic E-state index is 12.5. The van der Waals surface area contributed by atoms with Gasteiger partial charge in [0.05, 0.1) is 5.25 Å². The van der Waals surface area contributed by atoms with Crippen molar-refractivity contribution in [2.24, 2.45) is 0 Å². The number of nitrogens with two attached hydrogens (primary N) is 1. The molecular weight excluding hydrogens is 382 g/mol. The second-order valence-corrected chi connectivity index (χ2v) is 7.92. The summed E-state index contributed by atoms with van der Waals surface area (Å²) < 4.78 is 1.41. The Bertz CT molecular complexity index is 971. The Morgan fingerprint density at radius 2 is 1.89 bits per heavy atom. The van der Waals surface area contributed by atoms with Crippen LogP contribution in [0.25, 0.3) is 11.4 Å². The van der Waals surface area contributed by atoms with Crippen molar-refractivity contribution in [2.45, 2.75) is 31.2 Å². The van der Waals surface area contributed by atoms with Gasteiger partial charge in [-0.05, 0) is 38.5 Å². The van der Waals surface area contributed by atoms with Crippen LogP contribution >= 0.6 is 23.4 Å². The average molecular weight is 402 g/mol. The van der Waals surface area contributed by atoms with Crippen molar-refractivity contribution in [3.8, 4) is 11.4 Å². The predicted octanol–water partition coefficient (Wildman–Crippen LogP) is 4.05. The molecular formula is C19H20ClN5OS. The minimum absolute atomic E-state index is 0.162. The molecule has 0 aliphatic carbocycles. The molecule has 0 aliphatic rings. The lowest BCUT2D eigenvalue weighted by Gasteiger charge is -2.13. The fourth-order valence-electron chi connectivity index (χ4n) is 2.45. The highest BCUT2D eigenvalue weighted by Crippen LogP contribution is 2.27. The van der Waals surface area contributed by atoms with Crippen molar-refractivity contribution in [2.75, 3.05) is 11.2 Å². The van der Waals surface area contributed by atoms with Gasteiger partial charge in [0.1, 0.15) is 0 Å². The number of nitrogens with one attached hydrogen (secondary N) is 1. The van der Waals surface area contributed by atoms with Crippen LogP contribution in [0, 0.1) is 13.8 Å². The number of halogens is 1. The molecule has 27 heavy (non-hydrogen) atoms. The van der Waals surface area contributed by atoms with Crippen molar-refractivity contribution in [3.63, 3.8) is 0 Å². The minimum Gasteiger partial charge on any atom is -0.335 e. The number of benzene rings is 2. The predicted molar refractivity (Wildman–Crippen MR) is 110 cm³/mol. The molecule has 0 saturated carbocycles. The lowest BCUT2D eigenvalue weighted by molar-refractivity contribution is -0.115. The van der Waals surface area contributed by atoms with Gasteiger partial charge in [0.2, 0.25) is 11.1 Å². The van der Waals surface area contributed by atoms with Gasteiger partial charge in [-0.1, -0.05) is 59.3 Å². The van der Waals surface area contributed by atoms with E-state index in [0.717, 1.165) is 16.7 Å². The zero-order valence-electron chi connectivity index (χ0n) is 15.2. The zero-order chi connectivity index (χ0) is 19.6. The topological polar surface area (TPSA) is 85.8 Å². The number of carbonyl (C=O) groups excluding carboxylic acids is 1. The number of anilines is 1. The summed E-state index contributed by atoms with van der Waals surface area (Å²) in [5, 5.41) is 11.8. The largest absolute Gasteiger partial charge is 0.335 e. The molecule has 0 aliphatic heterocycles. The molecule has 1 atom stereocenters. The smallest absolute Gasteiger partial charge is 0.237 e. The first-order valence-corrected chi connectivity index (χ1v) is 9.62. The highest BCUT2D eigenvalue weighted by Gasteiger charge is 2.20. The van der Waals surface area contributed by atoms with Crippen LogP contribution in [-0.2, 0) is 4.79 Å². The molecule has 140 valence electrons. The fraction of sp³-hybridized carbons (Fsp3) is 0.211. The quantitative estimate of drug-likeness (QED) is 0.497. The van der Waals surface area contributed by atoms with Crippen LogP contribution in [0.3, 0.4) is 0 Å². The van der Waals surface area contributed by atoms with Gasteiger partial charge in [-0.15, -0.1) is 10.2 Å². The van der Waals surface area contributed by atoms with E-state index in [4.69, 9.17) is 17.4 Å². The molecule has 3 N–H and O–H groups in total. The van der Waals surface area contributed by atoms with E-state index in [9.17, 15) is 4.79 Å². The van der Waals surface area contributed by atoms with Crippen LogP contribution in [0.1, 0.15) is 18.1 Å². The lowest BCUT2D eigenvalue weighted by Crippen LogP contribution is -2.24. The maximum absolute atomic E-state index is 12.5. The van der Waals surface area contributed by atoms with E-state index in [0.29, 0.717) is 21.7 Å². The summed E-state index contributed by atoms with van der Waals surface area (Å²) in [4.78, 5) is 12.5. The second-order valence-electron chi connectivity index (χ2n) is 6.20. The highest BCUT2D eigenvalue weighted by molar-refractivity contribution is 8.00. The van der Waals surface area contributed by atoms with Crippen molar-refractivity contribution in [1.82, 2.24) is 14.9 Å². The van der Waals surface area contributed by atoms with Crippen molar-refractivity contribution in [3.05, 3.63) is 58.6 Å². The highest BCUT2D eigenvalue weighted by atomic mass is 35.5. The standard InChI is InChI=1S/C19H20ClN5OS/c1-11-7-9-14(10-8-11)17-23-24-19(25(17)21)27-13(3)18(26)22-16-6-4-5-15(20)12(16)2/h4-10,13H,21H2,1-3H3,(H,22,26)/t13-/m1/s1. The molecule has 3 rings (SSSR count). The fourth-order valence-corrected chi connectivity index (χ4v) is 3.39. The summed E-state index contributed by atoms with van der Waals surface area (Å²) in [5.74, 6) is 6.53. The molecule has 0 radical (unpaired) electrons. The molecule has 1 aromatic heterocycles. The van der Waals surface area contributed by atoms with Crippen LogP contribution in [0.5, 0.6) is 0 Å². The normalized spacial score (nSPS) is 12.0. The Hall–Kier alpha value is -2.51. The van der Waals surface area contributed by atoms with E-state index < -0.39 is 5.25 Å². The summed E-state index contributed by atoms with van der Waals surface area (Å²) >= 11 is 7.35. The van der Waals surface area contributed by atoms with E-state index in [1.807, 2.05) is 44.2 Å². The molecule has 0 saturated heterocycles. The molecule has 6 nitrogen and oxygen atoms in total. The number of carbonyl (C=O) groups is 1. The number of hydrogen-bond donors (Lipinski definition) is 2. The Labute approximate surface area is 167 Å². The van der Waals surface area contributed by atoms with E-state index in [1.165, 1.54) is 16.4 Å². The van der Waals surface area contributed by atoms with E-state index >= 15 is 0 Å². The molecule has 0 bridgehead atoms. The van der Waals surface area contributed by atoms with E-state index in [1.54, 1.807) is 19.1 Å². The number of thioether (sulfide) groups is 1. The van der Waals surface area contributed by atoms with Crippen LogP contribution in [0.4, 0.5) is 5.69 Å². The number of aromatic nitrogens is 3. The van der Waals surface area contributed by atoms with Crippen molar-refractivity contribution < 1.29 is 4.79 Å². The number of aryl methyl sites for hydroxylation is 1. The first-order chi connectivity index (χ1) is 12.9. The number of nitrogen functional groups attached to an aromatic ring is 1. The van der Waals surface area contributed by atoms with Crippen molar-refractivity contribution >= 4 is 35.0 Å². The number of hydrogen-bond acceptors (Lipinski definition) is 5. The third-order valence-electron chi connectivity index (χ3n) is 4.15. The summed E-state index contributed by atoms with van der Waals surface area (Å²) in [7, 11) is 0. The Balaban J connectivity index is 1.72. The van der Waals surface area contributed by atoms with Crippen LogP contribution < -0.4 is 11.2 Å². The summed E-state index contributed by atoms with van der Waals surface area (Å²) in [6.45, 7) is 5.67. The average Bonchev–Trinajstić information content (AvgIpc) is 3.00.